The summed E-state index contributed by atoms with van der Waals surface area (Å²) in [5, 5.41) is 21.8. The molecule has 0 spiro atoms. The van der Waals surface area contributed by atoms with Gasteiger partial charge in [-0.3, -0.25) is 9.78 Å². The summed E-state index contributed by atoms with van der Waals surface area (Å²) in [7, 11) is 0. The molecule has 4 saturated carbocycles. The second kappa shape index (κ2) is 14.0. The van der Waals surface area contributed by atoms with E-state index in [2.05, 4.69) is 50.7 Å². The maximum atomic E-state index is 14.2. The number of aliphatic hydroxyl groups excluding tert-OH is 2. The predicted octanol–water partition coefficient (Wildman–Crippen LogP) is 8.97. The number of Topliss-reactive ketones (excluding diaryl/α,β-unsaturated/α-hetero) is 1. The number of rotatable bonds is 12. The minimum absolute atomic E-state index is 0.0461. The molecule has 0 bridgehead atoms. The third-order valence-electron chi connectivity index (χ3n) is 12.4. The normalized spacial score (nSPS) is 32.0. The second-order valence-corrected chi connectivity index (χ2v) is 16.4. The molecule has 2 aromatic rings. The molecule has 0 amide bonds. The van der Waals surface area contributed by atoms with Crippen molar-refractivity contribution < 1.29 is 15.0 Å². The van der Waals surface area contributed by atoms with Crippen LogP contribution >= 0.6 is 11.3 Å². The van der Waals surface area contributed by atoms with Crippen LogP contribution < -0.4 is 0 Å². The zero-order valence-electron chi connectivity index (χ0n) is 28.2. The molecule has 6 heteroatoms. The number of nitrogens with zero attached hydrogens (tertiary/aromatic N) is 2. The van der Waals surface area contributed by atoms with Crippen LogP contribution in [0.15, 0.2) is 66.2 Å². The highest BCUT2D eigenvalue weighted by Crippen LogP contribution is 2.61. The molecule has 4 aliphatic rings. The lowest BCUT2D eigenvalue weighted by molar-refractivity contribution is 0.0804. The van der Waals surface area contributed by atoms with Gasteiger partial charge < -0.3 is 10.2 Å². The number of aryl methyl sites for hydroxylation is 1. The molecule has 6 rings (SSSR count). The van der Waals surface area contributed by atoms with Gasteiger partial charge in [-0.05, 0) is 123 Å². The number of carbonyl (C=O) groups excluding carboxylic acids is 1. The molecule has 0 radical (unpaired) electrons. The van der Waals surface area contributed by atoms with Crippen LogP contribution in [0, 0.1) is 29.1 Å². The molecule has 4 fully saturated rings. The molecule has 2 heterocycles. The van der Waals surface area contributed by atoms with Crippen molar-refractivity contribution in [3.63, 3.8) is 0 Å². The lowest BCUT2D eigenvalue weighted by Gasteiger charge is -2.44. The van der Waals surface area contributed by atoms with Gasteiger partial charge in [-0.25, -0.2) is 4.98 Å². The molecule has 2 aromatic heterocycles. The first kappa shape index (κ1) is 33.5. The van der Waals surface area contributed by atoms with Crippen LogP contribution in [0.5, 0.6) is 0 Å². The van der Waals surface area contributed by atoms with E-state index in [0.717, 1.165) is 55.2 Å². The number of thiazole rings is 1. The number of aliphatic hydroxyl groups is 2. The molecule has 7 atom stereocenters. The van der Waals surface area contributed by atoms with Crippen molar-refractivity contribution >= 4 is 17.1 Å². The minimum atomic E-state index is -0.649. The van der Waals surface area contributed by atoms with Gasteiger partial charge in [-0.1, -0.05) is 51.5 Å². The Morgan fingerprint density at radius 1 is 1.15 bits per heavy atom. The number of allylic oxidation sites excluding steroid dienone is 3. The Hall–Kier alpha value is -2.41. The first-order valence-corrected chi connectivity index (χ1v) is 18.8. The van der Waals surface area contributed by atoms with Crippen molar-refractivity contribution in [3.05, 3.63) is 81.6 Å². The number of hydrogen-bond acceptors (Lipinski definition) is 6. The summed E-state index contributed by atoms with van der Waals surface area (Å²) in [6.07, 6.45) is 23.4. The fraction of sp³-hybridized carbons (Fsp3) is 0.625. The Labute approximate surface area is 280 Å². The van der Waals surface area contributed by atoms with Gasteiger partial charge >= 0.3 is 0 Å². The fourth-order valence-electron chi connectivity index (χ4n) is 9.54. The topological polar surface area (TPSA) is 83.3 Å². The summed E-state index contributed by atoms with van der Waals surface area (Å²) in [4.78, 5) is 24.7. The molecule has 0 aromatic carbocycles. The zero-order chi connectivity index (χ0) is 32.5. The molecule has 248 valence electrons. The van der Waals surface area contributed by atoms with Crippen molar-refractivity contribution in [2.24, 2.45) is 29.1 Å². The molecule has 4 aliphatic carbocycles. The largest absolute Gasteiger partial charge is 0.393 e. The van der Waals surface area contributed by atoms with Gasteiger partial charge in [0.1, 0.15) is 0 Å². The van der Waals surface area contributed by atoms with E-state index in [1.54, 1.807) is 12.4 Å². The van der Waals surface area contributed by atoms with Crippen molar-refractivity contribution in [2.45, 2.75) is 128 Å². The van der Waals surface area contributed by atoms with Gasteiger partial charge in [0.2, 0.25) is 0 Å². The summed E-state index contributed by atoms with van der Waals surface area (Å²) in [5.74, 6) is 1.96. The number of hydrogen-bond donors (Lipinski definition) is 2. The molecular formula is C40H54N2O3S. The molecular weight excluding hydrogens is 589 g/mol. The standard InChI is InChI=1S/C40H54N2O3S/c1-5-6-9-32-25-42-38(46-32)40(19-20-40)35(37(45)29-16-21-41-22-17-29)13-10-26(2)33-14-15-34-28(8-7-18-39(33,34)4)11-12-30-23-31(43)24-36(44)27(30)3/h11-12,16-17,21-22,25-26,31,33-36,43-44H,3,5-10,13-15,18-20,23-24H2,1-2,4H3/b28-11+,30-12-/t26-,31-,33-,34+,35+,36+,39-/m1/s1. The first-order chi connectivity index (χ1) is 22.2. The van der Waals surface area contributed by atoms with E-state index < -0.39 is 12.2 Å². The second-order valence-electron chi connectivity index (χ2n) is 15.3. The van der Waals surface area contributed by atoms with Crippen molar-refractivity contribution in [1.82, 2.24) is 9.97 Å². The van der Waals surface area contributed by atoms with Crippen LogP contribution in [0.3, 0.4) is 0 Å². The van der Waals surface area contributed by atoms with E-state index in [-0.39, 0.29) is 22.5 Å². The lowest BCUT2D eigenvalue weighted by Crippen LogP contribution is -2.36. The van der Waals surface area contributed by atoms with E-state index in [4.69, 9.17) is 4.98 Å². The Kier molecular flexibility index (Phi) is 10.2. The summed E-state index contributed by atoms with van der Waals surface area (Å²) in [6.45, 7) is 11.3. The smallest absolute Gasteiger partial charge is 0.167 e. The maximum Gasteiger partial charge on any atom is 0.167 e. The van der Waals surface area contributed by atoms with Gasteiger partial charge in [-0.2, -0.15) is 0 Å². The highest BCUT2D eigenvalue weighted by Gasteiger charge is 2.56. The predicted molar refractivity (Wildman–Crippen MR) is 187 cm³/mol. The van der Waals surface area contributed by atoms with Crippen LogP contribution in [-0.2, 0) is 11.8 Å². The molecule has 0 aliphatic heterocycles. The number of unbranched alkanes of at least 4 members (excludes halogenated alkanes) is 1. The Bertz CT molecular complexity index is 1460. The monoisotopic (exact) mass is 642 g/mol. The number of pyridine rings is 1. The van der Waals surface area contributed by atoms with Gasteiger partial charge in [0, 0.05) is 46.8 Å². The van der Waals surface area contributed by atoms with Crippen molar-refractivity contribution in [1.29, 1.82) is 0 Å². The van der Waals surface area contributed by atoms with E-state index in [1.165, 1.54) is 54.0 Å². The van der Waals surface area contributed by atoms with E-state index in [1.807, 2.05) is 23.5 Å². The number of fused-ring (bicyclic) bond motifs is 1. The van der Waals surface area contributed by atoms with Crippen LogP contribution in [-0.4, -0.2) is 38.2 Å². The van der Waals surface area contributed by atoms with Gasteiger partial charge in [0.25, 0.3) is 0 Å². The average Bonchev–Trinajstić information content (AvgIpc) is 3.55. The zero-order valence-corrected chi connectivity index (χ0v) is 29.0. The third kappa shape index (κ3) is 6.64. The summed E-state index contributed by atoms with van der Waals surface area (Å²) in [6, 6.07) is 3.78. The summed E-state index contributed by atoms with van der Waals surface area (Å²) in [5.41, 5.74) is 4.21. The number of carbonyl (C=O) groups is 1. The maximum absolute atomic E-state index is 14.2. The van der Waals surface area contributed by atoms with Gasteiger partial charge in [-0.15, -0.1) is 11.3 Å². The molecule has 5 nitrogen and oxygen atoms in total. The van der Waals surface area contributed by atoms with Gasteiger partial charge in [0.15, 0.2) is 5.78 Å². The van der Waals surface area contributed by atoms with Crippen LogP contribution in [0.4, 0.5) is 0 Å². The first-order valence-electron chi connectivity index (χ1n) is 18.0. The van der Waals surface area contributed by atoms with E-state index >= 15 is 0 Å². The van der Waals surface area contributed by atoms with Crippen LogP contribution in [0.2, 0.25) is 0 Å². The Morgan fingerprint density at radius 3 is 2.67 bits per heavy atom. The fourth-order valence-corrected chi connectivity index (χ4v) is 10.8. The lowest BCUT2D eigenvalue weighted by atomic mass is 9.60. The molecule has 2 N–H and O–H groups in total. The average molecular weight is 643 g/mol. The van der Waals surface area contributed by atoms with E-state index in [9.17, 15) is 15.0 Å². The summed E-state index contributed by atoms with van der Waals surface area (Å²) >= 11 is 1.85. The van der Waals surface area contributed by atoms with Crippen molar-refractivity contribution in [2.75, 3.05) is 0 Å². The van der Waals surface area contributed by atoms with Gasteiger partial charge in [0.05, 0.1) is 17.2 Å². The highest BCUT2D eigenvalue weighted by atomic mass is 32.1. The van der Waals surface area contributed by atoms with Crippen LogP contribution in [0.1, 0.15) is 124 Å². The van der Waals surface area contributed by atoms with Crippen LogP contribution in [0.25, 0.3) is 0 Å². The molecule has 0 saturated heterocycles. The Morgan fingerprint density at radius 2 is 1.93 bits per heavy atom. The molecule has 0 unspecified atom stereocenters. The van der Waals surface area contributed by atoms with E-state index in [0.29, 0.717) is 30.6 Å². The number of aromatic nitrogens is 2. The third-order valence-corrected chi connectivity index (χ3v) is 13.7. The highest BCUT2D eigenvalue weighted by molar-refractivity contribution is 7.11. The minimum Gasteiger partial charge on any atom is -0.393 e. The number of ketones is 1. The summed E-state index contributed by atoms with van der Waals surface area (Å²) < 4.78 is 0. The molecule has 46 heavy (non-hydrogen) atoms. The van der Waals surface area contributed by atoms with Crippen molar-refractivity contribution in [3.8, 4) is 0 Å². The SMILES string of the molecule is C=C1/C(=C\C=C2/CCC[C@]3(C)[C@@H]([C@H](C)CC[C@@H](C(=O)c4ccncc4)C4(c5ncc(CCCC)s5)CC4)CC[C@@H]23)C[C@@H](O)C[C@@H]1O. The Balaban J connectivity index is 1.19. The quantitative estimate of drug-likeness (QED) is 0.226.